The van der Waals surface area contributed by atoms with Gasteiger partial charge in [0.25, 0.3) is 0 Å². The lowest BCUT2D eigenvalue weighted by Gasteiger charge is -2.15. The molecule has 1 unspecified atom stereocenters. The average Bonchev–Trinajstić information content (AvgIpc) is 2.45. The number of rotatable bonds is 14. The fraction of sp³-hybridized carbons (Fsp3) is 0.769. The van der Waals surface area contributed by atoms with E-state index in [0.717, 1.165) is 32.2 Å². The maximum absolute atomic E-state index is 11.9. The van der Waals surface area contributed by atoms with E-state index in [4.69, 9.17) is 0 Å². The van der Waals surface area contributed by atoms with Crippen LogP contribution in [0, 0.1) is 0 Å². The predicted molar refractivity (Wildman–Crippen MR) is 77.1 cm³/mol. The van der Waals surface area contributed by atoms with Gasteiger partial charge in [-0.25, -0.2) is 0 Å². The number of nitrogens with one attached hydrogen (secondary N) is 4. The van der Waals surface area contributed by atoms with Gasteiger partial charge in [-0.15, -0.1) is 0 Å². The Morgan fingerprint density at radius 2 is 1.70 bits per heavy atom. The first-order chi connectivity index (χ1) is 9.76. The standard InChI is InChI=1S/C13H26N4O3/c1-14-7-4-5-9-16-13(20)12(17-11-19)6-2-3-8-15-10-18/h10-12,14H,2-9H2,1H3,(H,15,18)(H,16,20)(H,17,19). The van der Waals surface area contributed by atoms with E-state index in [1.165, 1.54) is 0 Å². The molecule has 0 aliphatic carbocycles. The normalized spacial score (nSPS) is 11.4. The van der Waals surface area contributed by atoms with Crippen LogP contribution < -0.4 is 21.3 Å². The average molecular weight is 286 g/mol. The van der Waals surface area contributed by atoms with E-state index in [1.807, 2.05) is 7.05 Å². The van der Waals surface area contributed by atoms with Gasteiger partial charge in [-0.1, -0.05) is 0 Å². The molecule has 3 amide bonds. The van der Waals surface area contributed by atoms with Crippen LogP contribution in [0.3, 0.4) is 0 Å². The van der Waals surface area contributed by atoms with Crippen LogP contribution in [0.5, 0.6) is 0 Å². The van der Waals surface area contributed by atoms with Crippen molar-refractivity contribution < 1.29 is 14.4 Å². The third-order valence-electron chi connectivity index (χ3n) is 2.89. The topological polar surface area (TPSA) is 99.3 Å². The molecule has 0 rings (SSSR count). The van der Waals surface area contributed by atoms with Crippen LogP contribution in [0.4, 0.5) is 0 Å². The summed E-state index contributed by atoms with van der Waals surface area (Å²) in [6, 6.07) is -0.493. The maximum atomic E-state index is 11.9. The Hall–Kier alpha value is -1.63. The van der Waals surface area contributed by atoms with Crippen LogP contribution in [-0.2, 0) is 14.4 Å². The smallest absolute Gasteiger partial charge is 0.242 e. The van der Waals surface area contributed by atoms with Crippen molar-refractivity contribution in [3.63, 3.8) is 0 Å². The molecule has 0 spiro atoms. The maximum Gasteiger partial charge on any atom is 0.242 e. The van der Waals surface area contributed by atoms with Crippen LogP contribution in [0.15, 0.2) is 0 Å². The summed E-state index contributed by atoms with van der Waals surface area (Å²) in [5, 5.41) is 11.0. The van der Waals surface area contributed by atoms with Gasteiger partial charge in [0.15, 0.2) is 0 Å². The van der Waals surface area contributed by atoms with E-state index < -0.39 is 6.04 Å². The molecule has 0 radical (unpaired) electrons. The van der Waals surface area contributed by atoms with E-state index in [-0.39, 0.29) is 5.91 Å². The summed E-state index contributed by atoms with van der Waals surface area (Å²) >= 11 is 0. The lowest BCUT2D eigenvalue weighted by Crippen LogP contribution is -2.44. The van der Waals surface area contributed by atoms with Gasteiger partial charge in [-0.2, -0.15) is 0 Å². The highest BCUT2D eigenvalue weighted by molar-refractivity contribution is 5.83. The first-order valence-electron chi connectivity index (χ1n) is 7.05. The molecular formula is C13H26N4O3. The van der Waals surface area contributed by atoms with Gasteiger partial charge in [0.2, 0.25) is 18.7 Å². The zero-order valence-corrected chi connectivity index (χ0v) is 12.1. The molecule has 0 aromatic carbocycles. The number of carbonyl (C=O) groups excluding carboxylic acids is 3. The number of amides is 3. The quantitative estimate of drug-likeness (QED) is 0.246. The Balaban J connectivity index is 3.81. The van der Waals surface area contributed by atoms with Gasteiger partial charge in [-0.3, -0.25) is 14.4 Å². The van der Waals surface area contributed by atoms with Crippen molar-refractivity contribution in [2.24, 2.45) is 0 Å². The van der Waals surface area contributed by atoms with Gasteiger partial charge in [-0.05, 0) is 45.7 Å². The molecule has 4 N–H and O–H groups in total. The summed E-state index contributed by atoms with van der Waals surface area (Å²) in [6.07, 6.45) is 5.23. The Kier molecular flexibility index (Phi) is 12.7. The predicted octanol–water partition coefficient (Wildman–Crippen LogP) is -0.867. The number of hydrogen-bond acceptors (Lipinski definition) is 4. The molecule has 0 aliphatic heterocycles. The first-order valence-corrected chi connectivity index (χ1v) is 7.05. The molecule has 0 saturated heterocycles. The molecule has 1 atom stereocenters. The van der Waals surface area contributed by atoms with Crippen molar-refractivity contribution in [2.45, 2.75) is 38.1 Å². The largest absolute Gasteiger partial charge is 0.359 e. The Morgan fingerprint density at radius 3 is 2.35 bits per heavy atom. The number of unbranched alkanes of at least 4 members (excludes halogenated alkanes) is 2. The minimum Gasteiger partial charge on any atom is -0.359 e. The zero-order valence-electron chi connectivity index (χ0n) is 12.1. The fourth-order valence-electron chi connectivity index (χ4n) is 1.77. The fourth-order valence-corrected chi connectivity index (χ4v) is 1.77. The molecule has 0 saturated carbocycles. The van der Waals surface area contributed by atoms with Crippen molar-refractivity contribution >= 4 is 18.7 Å². The first kappa shape index (κ1) is 18.4. The molecule has 7 nitrogen and oxygen atoms in total. The highest BCUT2D eigenvalue weighted by atomic mass is 16.2. The molecule has 116 valence electrons. The highest BCUT2D eigenvalue weighted by Crippen LogP contribution is 2.00. The van der Waals surface area contributed by atoms with E-state index in [0.29, 0.717) is 32.3 Å². The second-order valence-corrected chi connectivity index (χ2v) is 4.51. The summed E-state index contributed by atoms with van der Waals surface area (Å²) < 4.78 is 0. The van der Waals surface area contributed by atoms with Gasteiger partial charge < -0.3 is 21.3 Å². The van der Waals surface area contributed by atoms with E-state index >= 15 is 0 Å². The minimum absolute atomic E-state index is 0.148. The minimum atomic E-state index is -0.493. The Labute approximate surface area is 120 Å². The molecule has 0 heterocycles. The van der Waals surface area contributed by atoms with Gasteiger partial charge in [0.1, 0.15) is 6.04 Å². The second-order valence-electron chi connectivity index (χ2n) is 4.51. The summed E-state index contributed by atoms with van der Waals surface area (Å²) in [6.45, 7) is 2.13. The molecule has 7 heteroatoms. The summed E-state index contributed by atoms with van der Waals surface area (Å²) in [5.74, 6) is -0.148. The Bertz CT molecular complexity index is 274. The van der Waals surface area contributed by atoms with Crippen LogP contribution >= 0.6 is 0 Å². The van der Waals surface area contributed by atoms with Crippen LogP contribution in [0.2, 0.25) is 0 Å². The van der Waals surface area contributed by atoms with Gasteiger partial charge >= 0.3 is 0 Å². The summed E-state index contributed by atoms with van der Waals surface area (Å²) in [4.78, 5) is 32.4. The van der Waals surface area contributed by atoms with Crippen molar-refractivity contribution in [1.82, 2.24) is 21.3 Å². The monoisotopic (exact) mass is 286 g/mol. The lowest BCUT2D eigenvalue weighted by molar-refractivity contribution is -0.125. The van der Waals surface area contributed by atoms with Crippen LogP contribution in [-0.4, -0.2) is 51.5 Å². The molecule has 0 fully saturated rings. The molecule has 0 bridgehead atoms. The van der Waals surface area contributed by atoms with Crippen molar-refractivity contribution in [3.8, 4) is 0 Å². The molecule has 0 aliphatic rings. The molecular weight excluding hydrogens is 260 g/mol. The Morgan fingerprint density at radius 1 is 1.00 bits per heavy atom. The van der Waals surface area contributed by atoms with Crippen molar-refractivity contribution in [3.05, 3.63) is 0 Å². The second kappa shape index (κ2) is 13.8. The summed E-state index contributed by atoms with van der Waals surface area (Å²) in [7, 11) is 1.89. The van der Waals surface area contributed by atoms with E-state index in [1.54, 1.807) is 0 Å². The lowest BCUT2D eigenvalue weighted by atomic mass is 10.1. The zero-order chi connectivity index (χ0) is 15.1. The van der Waals surface area contributed by atoms with Crippen LogP contribution in [0.1, 0.15) is 32.1 Å². The number of hydrogen-bond donors (Lipinski definition) is 4. The van der Waals surface area contributed by atoms with E-state index in [2.05, 4.69) is 21.3 Å². The van der Waals surface area contributed by atoms with Crippen molar-refractivity contribution in [2.75, 3.05) is 26.7 Å². The van der Waals surface area contributed by atoms with Crippen molar-refractivity contribution in [1.29, 1.82) is 0 Å². The van der Waals surface area contributed by atoms with Crippen LogP contribution in [0.25, 0.3) is 0 Å². The van der Waals surface area contributed by atoms with Gasteiger partial charge in [0.05, 0.1) is 0 Å². The molecule has 20 heavy (non-hydrogen) atoms. The third-order valence-corrected chi connectivity index (χ3v) is 2.89. The highest BCUT2D eigenvalue weighted by Gasteiger charge is 2.16. The molecule has 0 aromatic rings. The third kappa shape index (κ3) is 10.3. The SMILES string of the molecule is CNCCCCNC(=O)C(CCCCNC=O)NC=O. The van der Waals surface area contributed by atoms with Gasteiger partial charge in [0, 0.05) is 13.1 Å². The number of carbonyl (C=O) groups is 3. The summed E-state index contributed by atoms with van der Waals surface area (Å²) in [5.41, 5.74) is 0. The molecule has 0 aromatic heterocycles. The van der Waals surface area contributed by atoms with E-state index in [9.17, 15) is 14.4 Å².